The maximum absolute atomic E-state index is 13.3. The zero-order chi connectivity index (χ0) is 26.4. The minimum Gasteiger partial charge on any atom is -0.496 e. The number of methoxy groups -OCH3 is 2. The molecule has 10 nitrogen and oxygen atoms in total. The van der Waals surface area contributed by atoms with Crippen LogP contribution >= 0.6 is 11.8 Å². The lowest BCUT2D eigenvalue weighted by atomic mass is 10.1. The lowest BCUT2D eigenvalue weighted by Crippen LogP contribution is -2.25. The highest BCUT2D eigenvalue weighted by molar-refractivity contribution is 7.98. The van der Waals surface area contributed by atoms with E-state index in [2.05, 4.69) is 15.5 Å². The van der Waals surface area contributed by atoms with Gasteiger partial charge >= 0.3 is 0 Å². The number of nitrogens with zero attached hydrogens (tertiary/aromatic N) is 4. The predicted octanol–water partition coefficient (Wildman–Crippen LogP) is 4.55. The van der Waals surface area contributed by atoms with E-state index in [1.807, 2.05) is 0 Å². The van der Waals surface area contributed by atoms with Gasteiger partial charge in [-0.2, -0.15) is 0 Å². The maximum atomic E-state index is 13.3. The molecule has 0 bridgehead atoms. The Bertz CT molecular complexity index is 1390. The van der Waals surface area contributed by atoms with Crippen LogP contribution < -0.4 is 14.8 Å². The molecule has 4 rings (SSSR count). The van der Waals surface area contributed by atoms with Gasteiger partial charge in [0.2, 0.25) is 0 Å². The van der Waals surface area contributed by atoms with Crippen LogP contribution in [0, 0.1) is 15.9 Å². The monoisotopic (exact) mass is 523 g/mol. The summed E-state index contributed by atoms with van der Waals surface area (Å²) >= 11 is 1.36. The van der Waals surface area contributed by atoms with Crippen LogP contribution in [0.1, 0.15) is 21.7 Å². The summed E-state index contributed by atoms with van der Waals surface area (Å²) in [5.41, 5.74) is 1.63. The predicted molar refractivity (Wildman–Crippen MR) is 135 cm³/mol. The Labute approximate surface area is 215 Å². The average Bonchev–Trinajstić information content (AvgIpc) is 3.33. The van der Waals surface area contributed by atoms with Gasteiger partial charge in [0.05, 0.1) is 25.7 Å². The van der Waals surface area contributed by atoms with E-state index in [1.165, 1.54) is 50.2 Å². The normalized spacial score (nSPS) is 10.7. The molecule has 0 atom stereocenters. The van der Waals surface area contributed by atoms with Gasteiger partial charge in [-0.25, -0.2) is 4.39 Å². The number of halogens is 1. The van der Waals surface area contributed by atoms with Crippen LogP contribution in [-0.4, -0.2) is 39.8 Å². The van der Waals surface area contributed by atoms with Gasteiger partial charge in [0.1, 0.15) is 22.9 Å². The summed E-state index contributed by atoms with van der Waals surface area (Å²) in [6, 6.07) is 17.1. The first-order valence-corrected chi connectivity index (χ1v) is 12.0. The number of carbonyl (C=O) groups excluding carboxylic acids is 1. The molecule has 1 amide bonds. The van der Waals surface area contributed by atoms with Gasteiger partial charge in [-0.15, -0.1) is 10.2 Å². The van der Waals surface area contributed by atoms with Crippen LogP contribution in [0.25, 0.3) is 5.69 Å². The van der Waals surface area contributed by atoms with E-state index in [0.717, 1.165) is 5.56 Å². The molecule has 0 aliphatic rings. The Kier molecular flexibility index (Phi) is 7.98. The van der Waals surface area contributed by atoms with Crippen LogP contribution in [0.2, 0.25) is 0 Å². The number of aromatic nitrogens is 3. The molecule has 1 aromatic heterocycles. The van der Waals surface area contributed by atoms with E-state index >= 15 is 0 Å². The Morgan fingerprint density at radius 3 is 2.27 bits per heavy atom. The summed E-state index contributed by atoms with van der Waals surface area (Å²) in [7, 11) is 2.92. The van der Waals surface area contributed by atoms with E-state index in [1.54, 1.807) is 47.0 Å². The van der Waals surface area contributed by atoms with Gasteiger partial charge in [-0.1, -0.05) is 30.0 Å². The molecular formula is C25H22FN5O5S. The summed E-state index contributed by atoms with van der Waals surface area (Å²) < 4.78 is 25.6. The number of benzene rings is 3. The van der Waals surface area contributed by atoms with Gasteiger partial charge in [-0.3, -0.25) is 19.5 Å². The highest BCUT2D eigenvalue weighted by Crippen LogP contribution is 2.29. The molecule has 1 heterocycles. The second kappa shape index (κ2) is 11.5. The lowest BCUT2D eigenvalue weighted by Gasteiger charge is -2.14. The lowest BCUT2D eigenvalue weighted by molar-refractivity contribution is -0.384. The van der Waals surface area contributed by atoms with Crippen LogP contribution in [0.3, 0.4) is 0 Å². The van der Waals surface area contributed by atoms with Crippen molar-refractivity contribution in [1.29, 1.82) is 0 Å². The summed E-state index contributed by atoms with van der Waals surface area (Å²) in [5, 5.41) is 22.9. The molecule has 0 saturated heterocycles. The number of ether oxygens (including phenoxy) is 2. The van der Waals surface area contributed by atoms with Crippen molar-refractivity contribution in [3.8, 4) is 17.2 Å². The molecule has 0 aliphatic heterocycles. The van der Waals surface area contributed by atoms with E-state index in [4.69, 9.17) is 9.47 Å². The zero-order valence-electron chi connectivity index (χ0n) is 19.9. The fourth-order valence-corrected chi connectivity index (χ4v) is 4.47. The molecule has 3 aromatic carbocycles. The van der Waals surface area contributed by atoms with Crippen molar-refractivity contribution in [2.24, 2.45) is 0 Å². The number of amides is 1. The van der Waals surface area contributed by atoms with Gasteiger partial charge in [-0.05, 0) is 42.0 Å². The molecular weight excluding hydrogens is 501 g/mol. The quantitative estimate of drug-likeness (QED) is 0.183. The topological polar surface area (TPSA) is 121 Å². The first-order chi connectivity index (χ1) is 17.9. The SMILES string of the molecule is COc1cccc(OC)c1C(=O)NCc1nnc(SCc2ccc(F)cc2)n1-c1ccc([N+](=O)[O-])cc1. The number of hydrogen-bond donors (Lipinski definition) is 1. The molecule has 4 aromatic rings. The van der Waals surface area contributed by atoms with Gasteiger partial charge < -0.3 is 14.8 Å². The molecule has 0 spiro atoms. The third kappa shape index (κ3) is 5.86. The minimum atomic E-state index is -0.484. The number of non-ortho nitro benzene ring substituents is 1. The Balaban J connectivity index is 1.62. The van der Waals surface area contributed by atoms with E-state index < -0.39 is 10.8 Å². The molecule has 190 valence electrons. The number of thioether (sulfide) groups is 1. The van der Waals surface area contributed by atoms with Crippen molar-refractivity contribution >= 4 is 23.4 Å². The van der Waals surface area contributed by atoms with Crippen LogP contribution in [-0.2, 0) is 12.3 Å². The maximum Gasteiger partial charge on any atom is 0.269 e. The van der Waals surface area contributed by atoms with Crippen molar-refractivity contribution in [3.63, 3.8) is 0 Å². The highest BCUT2D eigenvalue weighted by Gasteiger charge is 2.21. The number of carbonyl (C=O) groups is 1. The summed E-state index contributed by atoms with van der Waals surface area (Å²) in [4.78, 5) is 23.7. The van der Waals surface area contributed by atoms with E-state index in [9.17, 15) is 19.3 Å². The van der Waals surface area contributed by atoms with E-state index in [0.29, 0.717) is 33.9 Å². The molecule has 1 N–H and O–H groups in total. The molecule has 0 aliphatic carbocycles. The highest BCUT2D eigenvalue weighted by atomic mass is 32.2. The molecule has 0 radical (unpaired) electrons. The van der Waals surface area contributed by atoms with Crippen LogP contribution in [0.4, 0.5) is 10.1 Å². The Morgan fingerprint density at radius 2 is 1.68 bits per heavy atom. The number of rotatable bonds is 10. The average molecular weight is 524 g/mol. The van der Waals surface area contributed by atoms with Crippen molar-refractivity contribution in [2.75, 3.05) is 14.2 Å². The third-order valence-corrected chi connectivity index (χ3v) is 6.36. The minimum absolute atomic E-state index is 0.00112. The first kappa shape index (κ1) is 25.6. The summed E-state index contributed by atoms with van der Waals surface area (Å²) in [6.45, 7) is 0.00112. The largest absolute Gasteiger partial charge is 0.496 e. The van der Waals surface area contributed by atoms with Gasteiger partial charge in [0.15, 0.2) is 11.0 Å². The van der Waals surface area contributed by atoms with Crippen molar-refractivity contribution in [3.05, 3.63) is 99.6 Å². The van der Waals surface area contributed by atoms with Gasteiger partial charge in [0.25, 0.3) is 11.6 Å². The molecule has 37 heavy (non-hydrogen) atoms. The van der Waals surface area contributed by atoms with Crippen LogP contribution in [0.15, 0.2) is 71.9 Å². The fraction of sp³-hybridized carbons (Fsp3) is 0.160. The Morgan fingerprint density at radius 1 is 1.03 bits per heavy atom. The number of nitro groups is 1. The number of nitro benzene ring substituents is 1. The smallest absolute Gasteiger partial charge is 0.269 e. The molecule has 0 unspecified atom stereocenters. The summed E-state index contributed by atoms with van der Waals surface area (Å²) in [6.07, 6.45) is 0. The van der Waals surface area contributed by atoms with Gasteiger partial charge in [0, 0.05) is 23.6 Å². The van der Waals surface area contributed by atoms with Crippen molar-refractivity contribution < 1.29 is 23.6 Å². The molecule has 0 fully saturated rings. The Hall–Kier alpha value is -4.45. The standard InChI is InChI=1S/C25H22FN5O5S/c1-35-20-4-3-5-21(36-2)23(20)24(32)27-14-22-28-29-25(37-15-16-6-8-17(26)9-7-16)30(22)18-10-12-19(13-11-18)31(33)34/h3-13H,14-15H2,1-2H3,(H,27,32). The van der Waals surface area contributed by atoms with Crippen LogP contribution in [0.5, 0.6) is 11.5 Å². The molecule has 12 heteroatoms. The number of hydrogen-bond acceptors (Lipinski definition) is 8. The van der Waals surface area contributed by atoms with Crippen molar-refractivity contribution in [1.82, 2.24) is 20.1 Å². The first-order valence-electron chi connectivity index (χ1n) is 11.0. The summed E-state index contributed by atoms with van der Waals surface area (Å²) in [5.74, 6) is 0.822. The van der Waals surface area contributed by atoms with E-state index in [-0.39, 0.29) is 23.6 Å². The number of nitrogens with one attached hydrogen (secondary N) is 1. The van der Waals surface area contributed by atoms with Crippen molar-refractivity contribution in [2.45, 2.75) is 17.5 Å². The second-order valence-corrected chi connectivity index (χ2v) is 8.59. The zero-order valence-corrected chi connectivity index (χ0v) is 20.7. The second-order valence-electron chi connectivity index (χ2n) is 7.64. The third-order valence-electron chi connectivity index (χ3n) is 5.36. The fourth-order valence-electron chi connectivity index (χ4n) is 3.54. The molecule has 0 saturated carbocycles.